The average molecular weight is 399 g/mol. The van der Waals surface area contributed by atoms with E-state index < -0.39 is 12.2 Å². The average Bonchev–Trinajstić information content (AvgIpc) is 2.58. The van der Waals surface area contributed by atoms with Gasteiger partial charge >= 0.3 is 0 Å². The molecule has 5 heteroatoms. The topological polar surface area (TPSA) is 58.9 Å². The van der Waals surface area contributed by atoms with Gasteiger partial charge in [-0.3, -0.25) is 0 Å². The maximum atomic E-state index is 10.2. The molecule has 1 aromatic rings. The SMILES string of the molecule is CC(C)(C)[C@H](O)COCC(CSCc1ccccc1)OC[C@H](O)C(C)(C)C. The molecule has 0 aliphatic carbocycles. The molecule has 1 rings (SSSR count). The van der Waals surface area contributed by atoms with Gasteiger partial charge in [-0.2, -0.15) is 11.8 Å². The van der Waals surface area contributed by atoms with Crippen molar-refractivity contribution in [2.45, 2.75) is 65.6 Å². The second-order valence-electron chi connectivity index (χ2n) is 9.26. The summed E-state index contributed by atoms with van der Waals surface area (Å²) in [5.41, 5.74) is 0.853. The Morgan fingerprint density at radius 1 is 0.852 bits per heavy atom. The molecule has 0 aliphatic heterocycles. The molecular weight excluding hydrogens is 360 g/mol. The first-order valence-corrected chi connectivity index (χ1v) is 10.8. The van der Waals surface area contributed by atoms with Gasteiger partial charge in [0.05, 0.1) is 38.1 Å². The Kier molecular flexibility index (Phi) is 10.3. The van der Waals surface area contributed by atoms with Crippen molar-refractivity contribution < 1.29 is 19.7 Å². The molecule has 0 aliphatic rings. The van der Waals surface area contributed by atoms with Gasteiger partial charge in [-0.15, -0.1) is 0 Å². The summed E-state index contributed by atoms with van der Waals surface area (Å²) in [5.74, 6) is 1.69. The van der Waals surface area contributed by atoms with Crippen LogP contribution in [0.4, 0.5) is 0 Å². The Bertz CT molecular complexity index is 507. The normalized spacial score (nSPS) is 16.1. The molecule has 3 atom stereocenters. The summed E-state index contributed by atoms with van der Waals surface area (Å²) in [6.07, 6.45) is -1.17. The van der Waals surface area contributed by atoms with E-state index in [-0.39, 0.29) is 30.1 Å². The fraction of sp³-hybridized carbons (Fsp3) is 0.727. The lowest BCUT2D eigenvalue weighted by molar-refractivity contribution is -0.0828. The molecule has 0 heterocycles. The van der Waals surface area contributed by atoms with Crippen molar-refractivity contribution in [1.82, 2.24) is 0 Å². The molecule has 4 nitrogen and oxygen atoms in total. The highest BCUT2D eigenvalue weighted by Gasteiger charge is 2.25. The van der Waals surface area contributed by atoms with Gasteiger partial charge in [-0.1, -0.05) is 71.9 Å². The van der Waals surface area contributed by atoms with E-state index in [4.69, 9.17) is 9.47 Å². The number of aliphatic hydroxyl groups is 2. The maximum absolute atomic E-state index is 10.2. The summed E-state index contributed by atoms with van der Waals surface area (Å²) in [6, 6.07) is 10.3. The Balaban J connectivity index is 2.49. The van der Waals surface area contributed by atoms with Gasteiger partial charge in [0.15, 0.2) is 0 Å². The molecule has 0 spiro atoms. The van der Waals surface area contributed by atoms with Crippen LogP contribution in [0.3, 0.4) is 0 Å². The van der Waals surface area contributed by atoms with Crippen LogP contribution in [0.1, 0.15) is 47.1 Å². The molecule has 1 aromatic carbocycles. The van der Waals surface area contributed by atoms with E-state index in [0.29, 0.717) is 6.61 Å². The summed E-state index contributed by atoms with van der Waals surface area (Å²) >= 11 is 1.79. The molecule has 27 heavy (non-hydrogen) atoms. The molecule has 0 radical (unpaired) electrons. The van der Waals surface area contributed by atoms with Gasteiger partial charge in [0.1, 0.15) is 0 Å². The zero-order valence-electron chi connectivity index (χ0n) is 17.8. The van der Waals surface area contributed by atoms with E-state index in [1.165, 1.54) is 5.56 Å². The van der Waals surface area contributed by atoms with Crippen LogP contribution < -0.4 is 0 Å². The van der Waals surface area contributed by atoms with Crippen LogP contribution >= 0.6 is 11.8 Å². The summed E-state index contributed by atoms with van der Waals surface area (Å²) in [4.78, 5) is 0. The number of hydrogen-bond acceptors (Lipinski definition) is 5. The van der Waals surface area contributed by atoms with Crippen LogP contribution in [-0.4, -0.2) is 54.1 Å². The van der Waals surface area contributed by atoms with E-state index in [1.54, 1.807) is 11.8 Å². The van der Waals surface area contributed by atoms with Crippen LogP contribution in [0.5, 0.6) is 0 Å². The molecule has 1 unspecified atom stereocenters. The number of hydrogen-bond donors (Lipinski definition) is 2. The third kappa shape index (κ3) is 10.5. The monoisotopic (exact) mass is 398 g/mol. The van der Waals surface area contributed by atoms with E-state index in [0.717, 1.165) is 11.5 Å². The predicted molar refractivity (Wildman–Crippen MR) is 114 cm³/mol. The van der Waals surface area contributed by atoms with Crippen LogP contribution in [0, 0.1) is 10.8 Å². The van der Waals surface area contributed by atoms with Crippen LogP contribution in [0.25, 0.3) is 0 Å². The Morgan fingerprint density at radius 2 is 1.41 bits per heavy atom. The molecular formula is C22H38O4S. The van der Waals surface area contributed by atoms with E-state index in [2.05, 4.69) is 12.1 Å². The maximum Gasteiger partial charge on any atom is 0.0900 e. The zero-order chi connectivity index (χ0) is 20.5. The zero-order valence-corrected chi connectivity index (χ0v) is 18.6. The first-order chi connectivity index (χ1) is 12.5. The summed E-state index contributed by atoms with van der Waals surface area (Å²) in [5, 5.41) is 20.4. The lowest BCUT2D eigenvalue weighted by Crippen LogP contribution is -2.36. The smallest absolute Gasteiger partial charge is 0.0900 e. The van der Waals surface area contributed by atoms with Crippen LogP contribution in [0.2, 0.25) is 0 Å². The second kappa shape index (κ2) is 11.4. The molecule has 0 saturated carbocycles. The molecule has 0 bridgehead atoms. The van der Waals surface area contributed by atoms with E-state index >= 15 is 0 Å². The van der Waals surface area contributed by atoms with Gasteiger partial charge in [0.25, 0.3) is 0 Å². The minimum absolute atomic E-state index is 0.122. The van der Waals surface area contributed by atoms with Gasteiger partial charge in [-0.05, 0) is 16.4 Å². The van der Waals surface area contributed by atoms with Crippen molar-refractivity contribution in [3.8, 4) is 0 Å². The number of ether oxygens (including phenoxy) is 2. The highest BCUT2D eigenvalue weighted by atomic mass is 32.2. The van der Waals surface area contributed by atoms with Crippen molar-refractivity contribution in [3.05, 3.63) is 35.9 Å². The minimum atomic E-state index is -0.528. The number of aliphatic hydroxyl groups excluding tert-OH is 2. The quantitative estimate of drug-likeness (QED) is 0.587. The van der Waals surface area contributed by atoms with Crippen molar-refractivity contribution in [1.29, 1.82) is 0 Å². The van der Waals surface area contributed by atoms with Gasteiger partial charge in [0.2, 0.25) is 0 Å². The molecule has 0 saturated heterocycles. The molecule has 0 aromatic heterocycles. The van der Waals surface area contributed by atoms with E-state index in [1.807, 2.05) is 59.7 Å². The predicted octanol–water partition coefficient (Wildman–Crippen LogP) is 4.14. The highest BCUT2D eigenvalue weighted by molar-refractivity contribution is 7.98. The fourth-order valence-corrected chi connectivity index (χ4v) is 3.07. The second-order valence-corrected chi connectivity index (χ2v) is 10.3. The first kappa shape index (κ1) is 24.4. The number of benzene rings is 1. The first-order valence-electron chi connectivity index (χ1n) is 9.67. The van der Waals surface area contributed by atoms with Gasteiger partial charge in [0, 0.05) is 11.5 Å². The Morgan fingerprint density at radius 3 is 1.96 bits per heavy atom. The van der Waals surface area contributed by atoms with Gasteiger partial charge in [-0.25, -0.2) is 0 Å². The van der Waals surface area contributed by atoms with Crippen molar-refractivity contribution in [2.24, 2.45) is 10.8 Å². The minimum Gasteiger partial charge on any atom is -0.390 e. The van der Waals surface area contributed by atoms with Crippen LogP contribution in [-0.2, 0) is 15.2 Å². The number of rotatable bonds is 11. The molecule has 2 N–H and O–H groups in total. The molecule has 156 valence electrons. The highest BCUT2D eigenvalue weighted by Crippen LogP contribution is 2.22. The van der Waals surface area contributed by atoms with Crippen molar-refractivity contribution >= 4 is 11.8 Å². The molecule has 0 fully saturated rings. The molecule has 0 amide bonds. The summed E-state index contributed by atoms with van der Waals surface area (Å²) < 4.78 is 11.7. The van der Waals surface area contributed by atoms with Crippen LogP contribution in [0.15, 0.2) is 30.3 Å². The lowest BCUT2D eigenvalue weighted by Gasteiger charge is -2.29. The van der Waals surface area contributed by atoms with Crippen molar-refractivity contribution in [3.63, 3.8) is 0 Å². The van der Waals surface area contributed by atoms with E-state index in [9.17, 15) is 10.2 Å². The number of thioether (sulfide) groups is 1. The Labute approximate surface area is 169 Å². The Hall–Kier alpha value is -0.590. The summed E-state index contributed by atoms with van der Waals surface area (Å²) in [6.45, 7) is 12.9. The van der Waals surface area contributed by atoms with Crippen molar-refractivity contribution in [2.75, 3.05) is 25.6 Å². The largest absolute Gasteiger partial charge is 0.390 e. The third-order valence-corrected chi connectivity index (χ3v) is 5.63. The summed E-state index contributed by atoms with van der Waals surface area (Å²) in [7, 11) is 0. The third-order valence-electron chi connectivity index (χ3n) is 4.48. The lowest BCUT2D eigenvalue weighted by atomic mass is 9.90. The standard InChI is InChI=1S/C22H38O4S/c1-21(2,3)19(23)13-25-12-18(26-14-20(24)22(4,5)6)16-27-15-17-10-8-7-9-11-17/h7-11,18-20,23-24H,12-16H2,1-6H3/t18?,19-,20+/m1/s1. The van der Waals surface area contributed by atoms with Gasteiger partial charge < -0.3 is 19.7 Å². The fourth-order valence-electron chi connectivity index (χ4n) is 2.07.